The summed E-state index contributed by atoms with van der Waals surface area (Å²) in [5.74, 6) is -2.29. The van der Waals surface area contributed by atoms with E-state index in [2.05, 4.69) is 20.6 Å². The topological polar surface area (TPSA) is 155 Å². The molecule has 45 heavy (non-hydrogen) atoms. The van der Waals surface area contributed by atoms with E-state index in [1.165, 1.54) is 28.3 Å². The summed E-state index contributed by atoms with van der Waals surface area (Å²) in [5.41, 5.74) is 1.52. The van der Waals surface area contributed by atoms with Crippen molar-refractivity contribution in [3.63, 3.8) is 0 Å². The molecule has 2 unspecified atom stereocenters. The third-order valence-corrected chi connectivity index (χ3v) is 8.72. The lowest BCUT2D eigenvalue weighted by Gasteiger charge is -2.31. The lowest BCUT2D eigenvalue weighted by Crippen LogP contribution is -2.52. The Balaban J connectivity index is 1.22. The molecule has 3 fully saturated rings. The van der Waals surface area contributed by atoms with Gasteiger partial charge in [-0.1, -0.05) is 12.1 Å². The Hall–Kier alpha value is -4.94. The van der Waals surface area contributed by atoms with Gasteiger partial charge in [-0.25, -0.2) is 9.37 Å². The van der Waals surface area contributed by atoms with E-state index >= 15 is 4.39 Å². The summed E-state index contributed by atoms with van der Waals surface area (Å²) in [4.78, 5) is 76.4. The van der Waals surface area contributed by atoms with Gasteiger partial charge in [-0.3, -0.25) is 34.3 Å². The summed E-state index contributed by atoms with van der Waals surface area (Å²) in [6, 6.07) is 4.28. The minimum absolute atomic E-state index is 0.00870. The highest BCUT2D eigenvalue weighted by Crippen LogP contribution is 2.34. The maximum Gasteiger partial charge on any atom is 0.277 e. The van der Waals surface area contributed by atoms with Crippen molar-refractivity contribution in [2.24, 2.45) is 5.92 Å². The number of carbonyl (C=O) groups is 5. The number of benzene rings is 1. The second-order valence-corrected chi connectivity index (χ2v) is 12.2. The Morgan fingerprint density at radius 1 is 1.13 bits per heavy atom. The SMILES string of the molecule is O=C1CCC(N2Cc3ccc(CN(C(=O)c4coc(CC5CC5)n4)C(C(=O)NC4CC4)c4ccncc4F)cc3C2=O)C(=O)N1. The molecule has 1 aromatic carbocycles. The first-order valence-corrected chi connectivity index (χ1v) is 15.2. The maximum absolute atomic E-state index is 15.3. The van der Waals surface area contributed by atoms with Crippen LogP contribution in [0.5, 0.6) is 0 Å². The predicted octanol–water partition coefficient (Wildman–Crippen LogP) is 2.58. The molecule has 0 spiro atoms. The molecule has 4 heterocycles. The van der Waals surface area contributed by atoms with Crippen molar-refractivity contribution in [1.29, 1.82) is 0 Å². The number of pyridine rings is 1. The van der Waals surface area contributed by atoms with Crippen molar-refractivity contribution in [1.82, 2.24) is 30.4 Å². The van der Waals surface area contributed by atoms with Crippen molar-refractivity contribution in [3.8, 4) is 0 Å². The minimum atomic E-state index is -1.37. The molecule has 2 atom stereocenters. The molecule has 12 nitrogen and oxygen atoms in total. The number of hydrogen-bond acceptors (Lipinski definition) is 8. The number of nitrogens with one attached hydrogen (secondary N) is 2. The van der Waals surface area contributed by atoms with Gasteiger partial charge in [0.25, 0.3) is 11.8 Å². The summed E-state index contributed by atoms with van der Waals surface area (Å²) in [6.45, 7) is 0.0356. The molecule has 0 bridgehead atoms. The first-order chi connectivity index (χ1) is 21.7. The average molecular weight is 615 g/mol. The first-order valence-electron chi connectivity index (χ1n) is 15.2. The quantitative estimate of drug-likeness (QED) is 0.330. The molecule has 3 aromatic rings. The monoisotopic (exact) mass is 614 g/mol. The number of piperidine rings is 1. The van der Waals surface area contributed by atoms with Crippen molar-refractivity contribution >= 4 is 29.5 Å². The first kappa shape index (κ1) is 28.8. The molecule has 2 aliphatic carbocycles. The highest BCUT2D eigenvalue weighted by Gasteiger charge is 2.41. The van der Waals surface area contributed by atoms with Crippen LogP contribution in [0.3, 0.4) is 0 Å². The van der Waals surface area contributed by atoms with Gasteiger partial charge in [-0.05, 0) is 61.3 Å². The molecule has 7 rings (SSSR count). The highest BCUT2D eigenvalue weighted by atomic mass is 19.1. The lowest BCUT2D eigenvalue weighted by atomic mass is 10.0. The van der Waals surface area contributed by atoms with E-state index in [9.17, 15) is 24.0 Å². The molecule has 2 aromatic heterocycles. The van der Waals surface area contributed by atoms with Crippen LogP contribution >= 0.6 is 0 Å². The van der Waals surface area contributed by atoms with Crippen LogP contribution < -0.4 is 10.6 Å². The van der Waals surface area contributed by atoms with E-state index in [4.69, 9.17) is 4.42 Å². The molecule has 13 heteroatoms. The van der Waals surface area contributed by atoms with Gasteiger partial charge in [0.15, 0.2) is 11.6 Å². The number of nitrogens with zero attached hydrogens (tertiary/aromatic N) is 4. The van der Waals surface area contributed by atoms with Crippen LogP contribution in [0.25, 0.3) is 0 Å². The normalized spacial score (nSPS) is 20.1. The summed E-state index contributed by atoms with van der Waals surface area (Å²) in [5, 5.41) is 5.20. The Labute approximate surface area is 257 Å². The molecule has 0 radical (unpaired) electrons. The number of amides is 5. The minimum Gasteiger partial charge on any atom is -0.448 e. The van der Waals surface area contributed by atoms with Crippen LogP contribution in [-0.2, 0) is 33.9 Å². The second-order valence-electron chi connectivity index (χ2n) is 12.2. The Kier molecular flexibility index (Phi) is 7.38. The Bertz CT molecular complexity index is 1720. The largest absolute Gasteiger partial charge is 0.448 e. The van der Waals surface area contributed by atoms with E-state index < -0.39 is 35.6 Å². The number of rotatable bonds is 10. The molecule has 2 aliphatic heterocycles. The number of aromatic nitrogens is 2. The van der Waals surface area contributed by atoms with E-state index in [0.29, 0.717) is 34.9 Å². The lowest BCUT2D eigenvalue weighted by molar-refractivity contribution is -0.137. The van der Waals surface area contributed by atoms with E-state index in [0.717, 1.165) is 31.9 Å². The molecule has 5 amide bonds. The number of fused-ring (bicyclic) bond motifs is 1. The smallest absolute Gasteiger partial charge is 0.277 e. The average Bonchev–Trinajstić information content (AvgIpc) is 3.94. The number of imide groups is 1. The maximum atomic E-state index is 15.3. The molecular formula is C32H31FN6O6. The summed E-state index contributed by atoms with van der Waals surface area (Å²) >= 11 is 0. The van der Waals surface area contributed by atoms with Crippen LogP contribution in [0, 0.1) is 11.7 Å². The van der Waals surface area contributed by atoms with Crippen molar-refractivity contribution in [2.45, 2.75) is 76.2 Å². The van der Waals surface area contributed by atoms with Gasteiger partial charge in [0.2, 0.25) is 17.7 Å². The Morgan fingerprint density at radius 2 is 1.96 bits per heavy atom. The number of oxazole rings is 1. The van der Waals surface area contributed by atoms with Gasteiger partial charge >= 0.3 is 0 Å². The molecule has 2 N–H and O–H groups in total. The summed E-state index contributed by atoms with van der Waals surface area (Å²) < 4.78 is 20.9. The molecular weight excluding hydrogens is 583 g/mol. The fraction of sp³-hybridized carbons (Fsp3) is 0.406. The number of hydrogen-bond donors (Lipinski definition) is 2. The van der Waals surface area contributed by atoms with Gasteiger partial charge < -0.3 is 19.5 Å². The van der Waals surface area contributed by atoms with Crippen molar-refractivity contribution in [2.75, 3.05) is 0 Å². The zero-order valence-corrected chi connectivity index (χ0v) is 24.3. The number of carbonyl (C=O) groups excluding carboxylic acids is 5. The second kappa shape index (κ2) is 11.5. The fourth-order valence-electron chi connectivity index (χ4n) is 5.96. The van der Waals surface area contributed by atoms with E-state index in [-0.39, 0.29) is 55.0 Å². The van der Waals surface area contributed by atoms with Crippen molar-refractivity contribution < 1.29 is 32.8 Å². The molecule has 4 aliphatic rings. The molecule has 1 saturated heterocycles. The predicted molar refractivity (Wildman–Crippen MR) is 153 cm³/mol. The summed E-state index contributed by atoms with van der Waals surface area (Å²) in [6.07, 6.45) is 8.31. The van der Waals surface area contributed by atoms with Gasteiger partial charge in [-0.2, -0.15) is 0 Å². The third-order valence-electron chi connectivity index (χ3n) is 8.72. The van der Waals surface area contributed by atoms with E-state index in [1.807, 2.05) is 0 Å². The van der Waals surface area contributed by atoms with Gasteiger partial charge in [0.05, 0.1) is 6.20 Å². The standard InChI is InChI=1S/C32H31FN6O6/c33-23-13-34-10-9-21(23)28(30(42)35-20-5-6-20)39(32(44)24-16-45-27(36-24)12-17-1-2-17)14-18-3-4-19-15-38(31(43)22(19)11-18)25-7-8-26(40)37-29(25)41/h3-4,9-11,13,16-17,20,25,28H,1-2,5-8,12,14-15H2,(H,35,42)(H,37,40,41). The number of halogens is 1. The van der Waals surface area contributed by atoms with Crippen LogP contribution in [0.1, 0.15) is 88.0 Å². The zero-order chi connectivity index (χ0) is 31.2. The van der Waals surface area contributed by atoms with E-state index in [1.54, 1.807) is 18.2 Å². The van der Waals surface area contributed by atoms with Crippen molar-refractivity contribution in [3.05, 3.63) is 82.6 Å². The van der Waals surface area contributed by atoms with Gasteiger partial charge in [-0.15, -0.1) is 0 Å². The molecule has 2 saturated carbocycles. The Morgan fingerprint density at radius 3 is 2.69 bits per heavy atom. The zero-order valence-electron chi connectivity index (χ0n) is 24.3. The molecule has 232 valence electrons. The van der Waals surface area contributed by atoms with Gasteiger partial charge in [0.1, 0.15) is 24.2 Å². The fourth-order valence-corrected chi connectivity index (χ4v) is 5.96. The van der Waals surface area contributed by atoms with Crippen LogP contribution in [0.15, 0.2) is 47.3 Å². The van der Waals surface area contributed by atoms with Crippen LogP contribution in [-0.4, -0.2) is 61.4 Å². The highest BCUT2D eigenvalue weighted by molar-refractivity contribution is 6.05. The third kappa shape index (κ3) is 5.94. The summed E-state index contributed by atoms with van der Waals surface area (Å²) in [7, 11) is 0. The van der Waals surface area contributed by atoms with Crippen LogP contribution in [0.2, 0.25) is 0 Å². The van der Waals surface area contributed by atoms with Crippen LogP contribution in [0.4, 0.5) is 4.39 Å². The van der Waals surface area contributed by atoms with Gasteiger partial charge in [0, 0.05) is 49.3 Å².